The second-order valence-electron chi connectivity index (χ2n) is 4.51. The second-order valence-corrected chi connectivity index (χ2v) is 4.51. The van der Waals surface area contributed by atoms with E-state index in [0.717, 1.165) is 23.7 Å². The third-order valence-electron chi connectivity index (χ3n) is 3.01. The molecule has 1 heterocycles. The zero-order chi connectivity index (χ0) is 14.5. The number of carbonyl (C=O) groups is 1. The Kier molecular flexibility index (Phi) is 4.40. The van der Waals surface area contributed by atoms with Crippen LogP contribution >= 0.6 is 0 Å². The monoisotopic (exact) mass is 273 g/mol. The Morgan fingerprint density at radius 3 is 2.70 bits per heavy atom. The number of carbonyl (C=O) groups excluding carboxylic acids is 1. The predicted octanol–water partition coefficient (Wildman–Crippen LogP) is 2.65. The summed E-state index contributed by atoms with van der Waals surface area (Å²) in [5.74, 6) is 1.16. The first-order valence-electron chi connectivity index (χ1n) is 6.65. The predicted molar refractivity (Wildman–Crippen MR) is 77.8 cm³/mol. The number of nitrogens with zero attached hydrogens (tertiary/aromatic N) is 1. The molecule has 0 saturated heterocycles. The number of benzene rings is 1. The summed E-state index contributed by atoms with van der Waals surface area (Å²) in [5.41, 5.74) is 2.30. The molecule has 0 atom stereocenters. The van der Waals surface area contributed by atoms with E-state index in [1.807, 2.05) is 39.0 Å². The maximum Gasteiger partial charge on any atom is 0.253 e. The van der Waals surface area contributed by atoms with Crippen LogP contribution in [0.3, 0.4) is 0 Å². The van der Waals surface area contributed by atoms with Gasteiger partial charge in [0.15, 0.2) is 0 Å². The Balaban J connectivity index is 2.05. The molecule has 2 rings (SSSR count). The number of aryl methyl sites for hydroxylation is 2. The molecule has 0 fully saturated rings. The number of nitrogens with one attached hydrogen (secondary N) is 2. The molecule has 1 aromatic carbocycles. The van der Waals surface area contributed by atoms with Crippen LogP contribution in [0.5, 0.6) is 0 Å². The molecule has 106 valence electrons. The van der Waals surface area contributed by atoms with Crippen molar-refractivity contribution in [3.8, 4) is 0 Å². The number of hydrogen-bond donors (Lipinski definition) is 2. The summed E-state index contributed by atoms with van der Waals surface area (Å²) in [6.07, 6.45) is 0. The zero-order valence-corrected chi connectivity index (χ0v) is 12.0. The lowest BCUT2D eigenvalue weighted by molar-refractivity contribution is 0.0948. The molecule has 0 radical (unpaired) electrons. The van der Waals surface area contributed by atoms with E-state index < -0.39 is 0 Å². The van der Waals surface area contributed by atoms with Gasteiger partial charge in [-0.05, 0) is 32.9 Å². The zero-order valence-electron chi connectivity index (χ0n) is 12.0. The second kappa shape index (κ2) is 6.23. The highest BCUT2D eigenvalue weighted by molar-refractivity contribution is 5.99. The van der Waals surface area contributed by atoms with Crippen LogP contribution in [0.1, 0.15) is 34.6 Å². The van der Waals surface area contributed by atoms with E-state index in [9.17, 15) is 4.79 Å². The van der Waals surface area contributed by atoms with Crippen LogP contribution in [0.15, 0.2) is 28.7 Å². The molecule has 0 aliphatic heterocycles. The van der Waals surface area contributed by atoms with Crippen LogP contribution in [0.25, 0.3) is 0 Å². The molecule has 0 unspecified atom stereocenters. The fraction of sp³-hybridized carbons (Fsp3) is 0.333. The quantitative estimate of drug-likeness (QED) is 0.879. The van der Waals surface area contributed by atoms with Gasteiger partial charge in [0.2, 0.25) is 5.89 Å². The molecule has 0 aliphatic rings. The van der Waals surface area contributed by atoms with Crippen molar-refractivity contribution in [2.24, 2.45) is 0 Å². The van der Waals surface area contributed by atoms with Crippen LogP contribution in [-0.4, -0.2) is 17.4 Å². The number of hydrogen-bond acceptors (Lipinski definition) is 4. The van der Waals surface area contributed by atoms with Gasteiger partial charge in [-0.3, -0.25) is 4.79 Å². The topological polar surface area (TPSA) is 67.2 Å². The molecule has 0 spiro atoms. The lowest BCUT2D eigenvalue weighted by atomic mass is 10.1. The molecule has 5 heteroatoms. The largest absolute Gasteiger partial charge is 0.444 e. The van der Waals surface area contributed by atoms with Crippen molar-refractivity contribution < 1.29 is 9.21 Å². The normalized spacial score (nSPS) is 10.3. The van der Waals surface area contributed by atoms with Crippen molar-refractivity contribution in [1.29, 1.82) is 0 Å². The van der Waals surface area contributed by atoms with Gasteiger partial charge in [0.05, 0.1) is 17.8 Å². The molecule has 1 aromatic heterocycles. The first-order chi connectivity index (χ1) is 9.61. The van der Waals surface area contributed by atoms with Gasteiger partial charge < -0.3 is 15.1 Å². The maximum absolute atomic E-state index is 12.2. The minimum absolute atomic E-state index is 0.143. The fourth-order valence-corrected chi connectivity index (χ4v) is 1.89. The lowest BCUT2D eigenvalue weighted by Crippen LogP contribution is -2.24. The molecular formula is C15H19N3O2. The highest BCUT2D eigenvalue weighted by Gasteiger charge is 2.12. The van der Waals surface area contributed by atoms with E-state index >= 15 is 0 Å². The Hall–Kier alpha value is -2.30. The van der Waals surface area contributed by atoms with E-state index in [-0.39, 0.29) is 12.5 Å². The Bertz CT molecular complexity index is 585. The van der Waals surface area contributed by atoms with Crippen molar-refractivity contribution in [3.05, 3.63) is 47.2 Å². The van der Waals surface area contributed by atoms with Gasteiger partial charge in [0.1, 0.15) is 5.76 Å². The lowest BCUT2D eigenvalue weighted by Gasteiger charge is -2.10. The van der Waals surface area contributed by atoms with Crippen LogP contribution in [0.4, 0.5) is 5.69 Å². The number of oxazole rings is 1. The van der Waals surface area contributed by atoms with Gasteiger partial charge in [0, 0.05) is 12.2 Å². The van der Waals surface area contributed by atoms with Crippen molar-refractivity contribution >= 4 is 11.6 Å². The molecule has 20 heavy (non-hydrogen) atoms. The molecule has 0 bridgehead atoms. The highest BCUT2D eigenvalue weighted by Crippen LogP contribution is 2.15. The Morgan fingerprint density at radius 1 is 1.30 bits per heavy atom. The minimum atomic E-state index is -0.143. The summed E-state index contributed by atoms with van der Waals surface area (Å²) in [6, 6.07) is 7.42. The first kappa shape index (κ1) is 14.1. The summed E-state index contributed by atoms with van der Waals surface area (Å²) in [6.45, 7) is 6.78. The van der Waals surface area contributed by atoms with Gasteiger partial charge in [0.25, 0.3) is 5.91 Å². The molecule has 5 nitrogen and oxygen atoms in total. The molecule has 2 N–H and O–H groups in total. The maximum atomic E-state index is 12.2. The van der Waals surface area contributed by atoms with Crippen molar-refractivity contribution in [2.75, 3.05) is 11.9 Å². The van der Waals surface area contributed by atoms with Gasteiger partial charge in [-0.15, -0.1) is 0 Å². The van der Waals surface area contributed by atoms with E-state index in [4.69, 9.17) is 4.42 Å². The standard InChI is InChI=1S/C15H19N3O2/c1-4-16-13-8-6-5-7-12(13)15(19)17-9-14-18-10(2)11(3)20-14/h5-8,16H,4,9H2,1-3H3,(H,17,19). The third-order valence-corrected chi connectivity index (χ3v) is 3.01. The molecule has 1 amide bonds. The summed E-state index contributed by atoms with van der Waals surface area (Å²) in [5, 5.41) is 5.99. The summed E-state index contributed by atoms with van der Waals surface area (Å²) < 4.78 is 5.44. The van der Waals surface area contributed by atoms with E-state index in [1.165, 1.54) is 0 Å². The summed E-state index contributed by atoms with van der Waals surface area (Å²) in [4.78, 5) is 16.4. The minimum Gasteiger partial charge on any atom is -0.444 e. The number of anilines is 1. The van der Waals surface area contributed by atoms with Crippen LogP contribution in [0, 0.1) is 13.8 Å². The van der Waals surface area contributed by atoms with Gasteiger partial charge in [-0.1, -0.05) is 12.1 Å². The molecular weight excluding hydrogens is 254 g/mol. The average Bonchev–Trinajstić information content (AvgIpc) is 2.76. The van der Waals surface area contributed by atoms with Gasteiger partial charge in [-0.2, -0.15) is 0 Å². The summed E-state index contributed by atoms with van der Waals surface area (Å²) >= 11 is 0. The summed E-state index contributed by atoms with van der Waals surface area (Å²) in [7, 11) is 0. The van der Waals surface area contributed by atoms with Gasteiger partial charge >= 0.3 is 0 Å². The first-order valence-corrected chi connectivity index (χ1v) is 6.65. The fourth-order valence-electron chi connectivity index (χ4n) is 1.89. The van der Waals surface area contributed by atoms with Crippen LogP contribution < -0.4 is 10.6 Å². The average molecular weight is 273 g/mol. The number of aromatic nitrogens is 1. The number of rotatable bonds is 5. The Labute approximate surface area is 118 Å². The molecule has 0 saturated carbocycles. The van der Waals surface area contributed by atoms with Crippen LogP contribution in [0.2, 0.25) is 0 Å². The van der Waals surface area contributed by atoms with Crippen LogP contribution in [-0.2, 0) is 6.54 Å². The number of amides is 1. The Morgan fingerprint density at radius 2 is 2.05 bits per heavy atom. The SMILES string of the molecule is CCNc1ccccc1C(=O)NCc1nc(C)c(C)o1. The van der Waals surface area contributed by atoms with Crippen molar-refractivity contribution in [1.82, 2.24) is 10.3 Å². The molecule has 0 aliphatic carbocycles. The number of para-hydroxylation sites is 1. The smallest absolute Gasteiger partial charge is 0.253 e. The van der Waals surface area contributed by atoms with Crippen molar-refractivity contribution in [3.63, 3.8) is 0 Å². The third kappa shape index (κ3) is 3.17. The highest BCUT2D eigenvalue weighted by atomic mass is 16.4. The van der Waals surface area contributed by atoms with E-state index in [0.29, 0.717) is 11.5 Å². The van der Waals surface area contributed by atoms with E-state index in [1.54, 1.807) is 6.07 Å². The molecule has 2 aromatic rings. The van der Waals surface area contributed by atoms with Gasteiger partial charge in [-0.25, -0.2) is 4.98 Å². The van der Waals surface area contributed by atoms with E-state index in [2.05, 4.69) is 15.6 Å². The van der Waals surface area contributed by atoms with Crippen molar-refractivity contribution in [2.45, 2.75) is 27.3 Å².